The van der Waals surface area contributed by atoms with E-state index in [1.807, 2.05) is 17.0 Å². The molecular weight excluding hydrogens is 269 g/mol. The first-order valence-corrected chi connectivity index (χ1v) is 6.91. The van der Waals surface area contributed by atoms with Crippen LogP contribution in [-0.4, -0.2) is 18.9 Å². The molecule has 0 unspecified atom stereocenters. The average molecular weight is 285 g/mol. The number of fused-ring (bicyclic) bond motifs is 1. The van der Waals surface area contributed by atoms with E-state index in [1.54, 1.807) is 24.3 Å². The van der Waals surface area contributed by atoms with Gasteiger partial charge < -0.3 is 9.64 Å². The molecule has 1 heterocycles. The van der Waals surface area contributed by atoms with E-state index >= 15 is 0 Å². The number of ether oxygens (including phenoxy) is 1. The molecule has 0 fully saturated rings. The number of hydrogen-bond acceptors (Lipinski definition) is 3. The number of hydrogen-bond donors (Lipinski definition) is 0. The Bertz CT molecular complexity index is 684. The van der Waals surface area contributed by atoms with Gasteiger partial charge in [0.05, 0.1) is 12.2 Å². The van der Waals surface area contributed by atoms with E-state index < -0.39 is 0 Å². The van der Waals surface area contributed by atoms with E-state index in [-0.39, 0.29) is 11.6 Å². The highest BCUT2D eigenvalue weighted by atomic mass is 19.1. The van der Waals surface area contributed by atoms with Gasteiger partial charge in [-0.15, -0.1) is 0 Å². The number of benzene rings is 2. The van der Waals surface area contributed by atoms with Crippen molar-refractivity contribution in [3.63, 3.8) is 0 Å². The van der Waals surface area contributed by atoms with Crippen LogP contribution in [-0.2, 0) is 6.54 Å². The van der Waals surface area contributed by atoms with Crippen molar-refractivity contribution in [1.29, 1.82) is 0 Å². The summed E-state index contributed by atoms with van der Waals surface area (Å²) in [6.07, 6.45) is 0. The zero-order valence-electron chi connectivity index (χ0n) is 11.8. The molecule has 0 amide bonds. The van der Waals surface area contributed by atoms with Crippen molar-refractivity contribution in [3.05, 3.63) is 59.4 Å². The number of nitrogens with zero attached hydrogens (tertiary/aromatic N) is 1. The van der Waals surface area contributed by atoms with Gasteiger partial charge in [0.2, 0.25) is 0 Å². The molecule has 0 aromatic heterocycles. The first-order chi connectivity index (χ1) is 10.1. The van der Waals surface area contributed by atoms with Crippen LogP contribution in [0.2, 0.25) is 0 Å². The maximum absolute atomic E-state index is 13.8. The molecule has 0 saturated carbocycles. The lowest BCUT2D eigenvalue weighted by Crippen LogP contribution is -2.32. The zero-order chi connectivity index (χ0) is 14.8. The Balaban J connectivity index is 1.94. The molecule has 0 aliphatic carbocycles. The molecule has 0 atom stereocenters. The Hall–Kier alpha value is -2.36. The largest absolute Gasteiger partial charge is 0.490 e. The minimum Gasteiger partial charge on any atom is -0.490 e. The lowest BCUT2D eigenvalue weighted by molar-refractivity contribution is 0.101. The fourth-order valence-corrected chi connectivity index (χ4v) is 2.49. The number of rotatable bonds is 3. The predicted octanol–water partition coefficient (Wildman–Crippen LogP) is 3.43. The van der Waals surface area contributed by atoms with Crippen LogP contribution in [0.1, 0.15) is 22.8 Å². The SMILES string of the molecule is CC(=O)c1ccc2c(c1)N(Cc1ccccc1F)CCO2. The van der Waals surface area contributed by atoms with Crippen LogP contribution < -0.4 is 9.64 Å². The molecule has 2 aromatic carbocycles. The Kier molecular flexibility index (Phi) is 3.60. The first-order valence-electron chi connectivity index (χ1n) is 6.91. The molecular formula is C17H16FNO2. The third-order valence-corrected chi connectivity index (χ3v) is 3.64. The molecule has 3 nitrogen and oxygen atoms in total. The van der Waals surface area contributed by atoms with E-state index in [4.69, 9.17) is 4.74 Å². The normalized spacial score (nSPS) is 13.5. The van der Waals surface area contributed by atoms with E-state index in [2.05, 4.69) is 0 Å². The summed E-state index contributed by atoms with van der Waals surface area (Å²) in [6.45, 7) is 3.22. The van der Waals surface area contributed by atoms with Gasteiger partial charge in [0.15, 0.2) is 5.78 Å². The Morgan fingerprint density at radius 1 is 1.29 bits per heavy atom. The Labute approximate surface area is 123 Å². The monoisotopic (exact) mass is 285 g/mol. The van der Waals surface area contributed by atoms with Gasteiger partial charge >= 0.3 is 0 Å². The van der Waals surface area contributed by atoms with Gasteiger partial charge in [-0.25, -0.2) is 4.39 Å². The van der Waals surface area contributed by atoms with Crippen molar-refractivity contribution >= 4 is 11.5 Å². The molecule has 0 radical (unpaired) electrons. The summed E-state index contributed by atoms with van der Waals surface area (Å²) < 4.78 is 19.4. The topological polar surface area (TPSA) is 29.5 Å². The fraction of sp³-hybridized carbons (Fsp3) is 0.235. The fourth-order valence-electron chi connectivity index (χ4n) is 2.49. The number of carbonyl (C=O) groups is 1. The number of carbonyl (C=O) groups excluding carboxylic acids is 1. The van der Waals surface area contributed by atoms with Crippen LogP contribution >= 0.6 is 0 Å². The van der Waals surface area contributed by atoms with Crippen LogP contribution in [0.3, 0.4) is 0 Å². The van der Waals surface area contributed by atoms with E-state index in [0.29, 0.717) is 30.8 Å². The summed E-state index contributed by atoms with van der Waals surface area (Å²) in [5, 5.41) is 0. The summed E-state index contributed by atoms with van der Waals surface area (Å²) in [4.78, 5) is 13.6. The summed E-state index contributed by atoms with van der Waals surface area (Å²) >= 11 is 0. The summed E-state index contributed by atoms with van der Waals surface area (Å²) in [5.41, 5.74) is 2.12. The van der Waals surface area contributed by atoms with Gasteiger partial charge in [0.25, 0.3) is 0 Å². The summed E-state index contributed by atoms with van der Waals surface area (Å²) in [6, 6.07) is 12.1. The van der Waals surface area contributed by atoms with Gasteiger partial charge in [0.1, 0.15) is 18.2 Å². The van der Waals surface area contributed by atoms with Crippen molar-refractivity contribution in [2.24, 2.45) is 0 Å². The minimum absolute atomic E-state index is 0.00853. The second-order valence-corrected chi connectivity index (χ2v) is 5.10. The molecule has 1 aliphatic heterocycles. The quantitative estimate of drug-likeness (QED) is 0.809. The van der Waals surface area contributed by atoms with Crippen LogP contribution in [0.25, 0.3) is 0 Å². The van der Waals surface area contributed by atoms with Crippen molar-refractivity contribution in [2.75, 3.05) is 18.1 Å². The molecule has 1 aliphatic rings. The second kappa shape index (κ2) is 5.56. The average Bonchev–Trinajstić information content (AvgIpc) is 2.49. The summed E-state index contributed by atoms with van der Waals surface area (Å²) in [5.74, 6) is 0.532. The van der Waals surface area contributed by atoms with E-state index in [0.717, 1.165) is 11.4 Å². The molecule has 108 valence electrons. The smallest absolute Gasteiger partial charge is 0.159 e. The lowest BCUT2D eigenvalue weighted by atomic mass is 10.1. The van der Waals surface area contributed by atoms with E-state index in [1.165, 1.54) is 13.0 Å². The first kappa shape index (κ1) is 13.6. The van der Waals surface area contributed by atoms with Crippen molar-refractivity contribution in [2.45, 2.75) is 13.5 Å². The third-order valence-electron chi connectivity index (χ3n) is 3.64. The van der Waals surface area contributed by atoms with Crippen molar-refractivity contribution in [1.82, 2.24) is 0 Å². The lowest BCUT2D eigenvalue weighted by Gasteiger charge is -2.31. The molecule has 0 saturated heterocycles. The zero-order valence-corrected chi connectivity index (χ0v) is 11.8. The molecule has 2 aromatic rings. The second-order valence-electron chi connectivity index (χ2n) is 5.10. The van der Waals surface area contributed by atoms with Crippen molar-refractivity contribution in [3.8, 4) is 5.75 Å². The van der Waals surface area contributed by atoms with Crippen LogP contribution in [0.4, 0.5) is 10.1 Å². The maximum atomic E-state index is 13.8. The van der Waals surface area contributed by atoms with Gasteiger partial charge in [-0.2, -0.15) is 0 Å². The molecule has 0 spiro atoms. The molecule has 4 heteroatoms. The standard InChI is InChI=1S/C17H16FNO2/c1-12(20)13-6-7-17-16(10-13)19(8-9-21-17)11-14-4-2-3-5-15(14)18/h2-7,10H,8-9,11H2,1H3. The van der Waals surface area contributed by atoms with Crippen LogP contribution in [0.5, 0.6) is 5.75 Å². The summed E-state index contributed by atoms with van der Waals surface area (Å²) in [7, 11) is 0. The number of Topliss-reactive ketones (excluding diaryl/α,β-unsaturated/α-hetero) is 1. The van der Waals surface area contributed by atoms with Gasteiger partial charge in [-0.05, 0) is 31.2 Å². The number of halogens is 1. The minimum atomic E-state index is -0.215. The molecule has 0 N–H and O–H groups in total. The Morgan fingerprint density at radius 2 is 2.10 bits per heavy atom. The van der Waals surface area contributed by atoms with Crippen LogP contribution in [0.15, 0.2) is 42.5 Å². The number of ketones is 1. The molecule has 21 heavy (non-hydrogen) atoms. The molecule has 3 rings (SSSR count). The molecule has 0 bridgehead atoms. The van der Waals surface area contributed by atoms with Gasteiger partial charge in [-0.1, -0.05) is 18.2 Å². The highest BCUT2D eigenvalue weighted by Gasteiger charge is 2.20. The van der Waals surface area contributed by atoms with Crippen LogP contribution in [0, 0.1) is 5.82 Å². The third kappa shape index (κ3) is 2.75. The van der Waals surface area contributed by atoms with Crippen molar-refractivity contribution < 1.29 is 13.9 Å². The highest BCUT2D eigenvalue weighted by Crippen LogP contribution is 2.33. The van der Waals surface area contributed by atoms with Gasteiger partial charge in [-0.3, -0.25) is 4.79 Å². The predicted molar refractivity (Wildman–Crippen MR) is 79.4 cm³/mol. The Morgan fingerprint density at radius 3 is 2.86 bits per heavy atom. The highest BCUT2D eigenvalue weighted by molar-refractivity contribution is 5.95. The van der Waals surface area contributed by atoms with E-state index in [9.17, 15) is 9.18 Å². The maximum Gasteiger partial charge on any atom is 0.159 e. The van der Waals surface area contributed by atoms with Gasteiger partial charge in [0, 0.05) is 17.7 Å². The number of anilines is 1.